The number of hydrogen-bond acceptors (Lipinski definition) is 4. The van der Waals surface area contributed by atoms with Gasteiger partial charge in [-0.25, -0.2) is 0 Å². The highest BCUT2D eigenvalue weighted by atomic mass is 32.1. The van der Waals surface area contributed by atoms with Crippen molar-refractivity contribution in [2.24, 2.45) is 5.92 Å². The lowest BCUT2D eigenvalue weighted by atomic mass is 9.87. The number of aliphatic hydroxyl groups excluding tert-OH is 1. The number of H-pyrrole nitrogens is 1. The summed E-state index contributed by atoms with van der Waals surface area (Å²) in [7, 11) is 0. The summed E-state index contributed by atoms with van der Waals surface area (Å²) in [6, 6.07) is 10.3. The van der Waals surface area contributed by atoms with Gasteiger partial charge in [0.1, 0.15) is 5.75 Å². The third-order valence-corrected chi connectivity index (χ3v) is 6.90. The molecule has 1 aliphatic rings. The standard InChI is InChI=1S/C25H29NO3S/c27-14-4-7-23-22(21-13-16-30-24(21)25(28)26-23)17-19-8-10-20(11-9-19)29-15-12-18-5-2-1-3-6-18/h4,7-11,13,16,18,27H,1-3,5-6,12,14-15,17H2,(H,26,28). The van der Waals surface area contributed by atoms with Gasteiger partial charge in [0.15, 0.2) is 0 Å². The first-order valence-corrected chi connectivity index (χ1v) is 11.7. The van der Waals surface area contributed by atoms with Gasteiger partial charge in [-0.1, -0.05) is 50.3 Å². The Morgan fingerprint density at radius 1 is 1.13 bits per heavy atom. The van der Waals surface area contributed by atoms with E-state index in [-0.39, 0.29) is 12.2 Å². The smallest absolute Gasteiger partial charge is 0.266 e. The molecule has 4 rings (SSSR count). The van der Waals surface area contributed by atoms with Crippen molar-refractivity contribution in [3.63, 3.8) is 0 Å². The van der Waals surface area contributed by atoms with Gasteiger partial charge in [-0.05, 0) is 53.1 Å². The van der Waals surface area contributed by atoms with E-state index in [9.17, 15) is 4.79 Å². The Bertz CT molecular complexity index is 1040. The summed E-state index contributed by atoms with van der Waals surface area (Å²) in [5.41, 5.74) is 2.91. The van der Waals surface area contributed by atoms with E-state index in [1.165, 1.54) is 43.4 Å². The molecule has 1 saturated carbocycles. The molecule has 0 bridgehead atoms. The number of aromatic nitrogens is 1. The third kappa shape index (κ3) is 5.02. The van der Waals surface area contributed by atoms with Crippen molar-refractivity contribution >= 4 is 27.5 Å². The van der Waals surface area contributed by atoms with E-state index in [0.717, 1.165) is 51.6 Å². The van der Waals surface area contributed by atoms with E-state index < -0.39 is 0 Å². The number of nitrogens with one attached hydrogen (secondary N) is 1. The third-order valence-electron chi connectivity index (χ3n) is 5.98. The van der Waals surface area contributed by atoms with Crippen LogP contribution in [0.25, 0.3) is 16.2 Å². The van der Waals surface area contributed by atoms with Crippen molar-refractivity contribution in [1.29, 1.82) is 0 Å². The zero-order valence-electron chi connectivity index (χ0n) is 17.2. The minimum absolute atomic E-state index is 0.0595. The van der Waals surface area contributed by atoms with E-state index >= 15 is 0 Å². The summed E-state index contributed by atoms with van der Waals surface area (Å²) in [4.78, 5) is 15.3. The Hall–Kier alpha value is -2.37. The quantitative estimate of drug-likeness (QED) is 0.500. The van der Waals surface area contributed by atoms with E-state index in [4.69, 9.17) is 9.84 Å². The zero-order chi connectivity index (χ0) is 20.8. The molecule has 2 N–H and O–H groups in total. The second kappa shape index (κ2) is 10.1. The molecule has 2 aromatic heterocycles. The number of hydrogen-bond donors (Lipinski definition) is 2. The molecule has 0 saturated heterocycles. The second-order valence-electron chi connectivity index (χ2n) is 8.06. The van der Waals surface area contributed by atoms with Crippen molar-refractivity contribution in [3.05, 3.63) is 69.0 Å². The fourth-order valence-corrected chi connectivity index (χ4v) is 5.17. The van der Waals surface area contributed by atoms with Gasteiger partial charge in [0.05, 0.1) is 17.9 Å². The first-order chi connectivity index (χ1) is 14.7. The van der Waals surface area contributed by atoms with Crippen LogP contribution in [0, 0.1) is 5.92 Å². The topological polar surface area (TPSA) is 62.3 Å². The molecule has 4 nitrogen and oxygen atoms in total. The molecule has 0 unspecified atom stereocenters. The van der Waals surface area contributed by atoms with Crippen LogP contribution in [0.5, 0.6) is 5.75 Å². The van der Waals surface area contributed by atoms with E-state index in [0.29, 0.717) is 6.42 Å². The fourth-order valence-electron chi connectivity index (χ4n) is 4.35. The van der Waals surface area contributed by atoms with Gasteiger partial charge in [-0.2, -0.15) is 0 Å². The number of ether oxygens (including phenoxy) is 1. The molecule has 1 aromatic carbocycles. The molecule has 5 heteroatoms. The van der Waals surface area contributed by atoms with Crippen molar-refractivity contribution in [2.45, 2.75) is 44.9 Å². The SMILES string of the molecule is O=c1[nH]c(C=CCO)c(Cc2ccc(OCCC3CCCCC3)cc2)c2ccsc12. The average molecular weight is 424 g/mol. The Morgan fingerprint density at radius 2 is 1.93 bits per heavy atom. The number of pyridine rings is 1. The number of aliphatic hydroxyl groups is 1. The number of benzene rings is 1. The molecule has 0 spiro atoms. The Labute approximate surface area is 181 Å². The summed E-state index contributed by atoms with van der Waals surface area (Å²) in [5.74, 6) is 1.74. The van der Waals surface area contributed by atoms with E-state index in [1.54, 1.807) is 12.2 Å². The summed E-state index contributed by atoms with van der Waals surface area (Å²) in [5, 5.41) is 12.1. The van der Waals surface area contributed by atoms with Gasteiger partial charge < -0.3 is 14.8 Å². The van der Waals surface area contributed by atoms with Crippen molar-refractivity contribution in [3.8, 4) is 5.75 Å². The molecule has 3 aromatic rings. The number of rotatable bonds is 8. The Morgan fingerprint density at radius 3 is 2.70 bits per heavy atom. The first-order valence-electron chi connectivity index (χ1n) is 10.9. The van der Waals surface area contributed by atoms with E-state index in [1.807, 2.05) is 23.6 Å². The van der Waals surface area contributed by atoms with Crippen molar-refractivity contribution < 1.29 is 9.84 Å². The molecule has 2 heterocycles. The van der Waals surface area contributed by atoms with Crippen LogP contribution in [0.4, 0.5) is 0 Å². The molecule has 30 heavy (non-hydrogen) atoms. The summed E-state index contributed by atoms with van der Waals surface area (Å²) < 4.78 is 6.72. The van der Waals surface area contributed by atoms with Crippen LogP contribution in [0.15, 0.2) is 46.6 Å². The van der Waals surface area contributed by atoms with Crippen LogP contribution >= 0.6 is 11.3 Å². The van der Waals surface area contributed by atoms with Crippen LogP contribution in [-0.4, -0.2) is 23.3 Å². The Kier molecular flexibility index (Phi) is 7.03. The minimum atomic E-state index is -0.0805. The summed E-state index contributed by atoms with van der Waals surface area (Å²) in [6.07, 6.45) is 12.1. The molecular formula is C25H29NO3S. The number of thiophene rings is 1. The maximum atomic E-state index is 12.3. The maximum absolute atomic E-state index is 12.3. The van der Waals surface area contributed by atoms with Gasteiger partial charge >= 0.3 is 0 Å². The summed E-state index contributed by atoms with van der Waals surface area (Å²) >= 11 is 1.46. The molecule has 1 fully saturated rings. The Balaban J connectivity index is 1.46. The van der Waals surface area contributed by atoms with Crippen LogP contribution in [0.1, 0.15) is 55.3 Å². The second-order valence-corrected chi connectivity index (χ2v) is 8.97. The largest absolute Gasteiger partial charge is 0.494 e. The van der Waals surface area contributed by atoms with Crippen molar-refractivity contribution in [2.75, 3.05) is 13.2 Å². The molecule has 1 aliphatic carbocycles. The monoisotopic (exact) mass is 423 g/mol. The lowest BCUT2D eigenvalue weighted by Gasteiger charge is -2.21. The highest BCUT2D eigenvalue weighted by molar-refractivity contribution is 7.17. The zero-order valence-corrected chi connectivity index (χ0v) is 18.0. The average Bonchev–Trinajstić information content (AvgIpc) is 3.27. The van der Waals surface area contributed by atoms with Crippen molar-refractivity contribution in [1.82, 2.24) is 4.98 Å². The number of fused-ring (bicyclic) bond motifs is 1. The molecule has 158 valence electrons. The van der Waals surface area contributed by atoms with E-state index in [2.05, 4.69) is 17.1 Å². The van der Waals surface area contributed by atoms with Gasteiger partial charge in [-0.3, -0.25) is 4.79 Å². The summed E-state index contributed by atoms with van der Waals surface area (Å²) in [6.45, 7) is 0.728. The van der Waals surface area contributed by atoms with Gasteiger partial charge in [-0.15, -0.1) is 11.3 Å². The first kappa shape index (κ1) is 20.9. The fraction of sp³-hybridized carbons (Fsp3) is 0.400. The predicted molar refractivity (Wildman–Crippen MR) is 125 cm³/mol. The molecular weight excluding hydrogens is 394 g/mol. The predicted octanol–water partition coefficient (Wildman–Crippen LogP) is 5.54. The normalized spacial score (nSPS) is 15.2. The van der Waals surface area contributed by atoms with Crippen LogP contribution in [0.2, 0.25) is 0 Å². The van der Waals surface area contributed by atoms with Crippen LogP contribution < -0.4 is 10.3 Å². The molecule has 0 amide bonds. The maximum Gasteiger partial charge on any atom is 0.266 e. The lowest BCUT2D eigenvalue weighted by molar-refractivity contribution is 0.246. The van der Waals surface area contributed by atoms with Gasteiger partial charge in [0, 0.05) is 17.5 Å². The number of aromatic amines is 1. The lowest BCUT2D eigenvalue weighted by Crippen LogP contribution is -2.10. The van der Waals surface area contributed by atoms with Gasteiger partial charge in [0.2, 0.25) is 0 Å². The van der Waals surface area contributed by atoms with Crippen LogP contribution in [-0.2, 0) is 6.42 Å². The van der Waals surface area contributed by atoms with Gasteiger partial charge in [0.25, 0.3) is 5.56 Å². The molecule has 0 atom stereocenters. The molecule has 0 aliphatic heterocycles. The molecule has 0 radical (unpaired) electrons. The minimum Gasteiger partial charge on any atom is -0.494 e. The highest BCUT2D eigenvalue weighted by Gasteiger charge is 2.14. The van der Waals surface area contributed by atoms with Crippen LogP contribution in [0.3, 0.4) is 0 Å². The highest BCUT2D eigenvalue weighted by Crippen LogP contribution is 2.28.